The zero-order valence-electron chi connectivity index (χ0n) is 17.1. The lowest BCUT2D eigenvalue weighted by atomic mass is 10.2. The van der Waals surface area contributed by atoms with Crippen LogP contribution in [0, 0.1) is 0 Å². The number of aromatic nitrogens is 5. The molecule has 1 aliphatic heterocycles. The summed E-state index contributed by atoms with van der Waals surface area (Å²) < 4.78 is 13.6. The first-order valence-corrected chi connectivity index (χ1v) is 10.2. The lowest BCUT2D eigenvalue weighted by Crippen LogP contribution is -2.36. The van der Waals surface area contributed by atoms with Gasteiger partial charge in [-0.3, -0.25) is 5.10 Å². The lowest BCUT2D eigenvalue weighted by Gasteiger charge is -2.28. The highest BCUT2D eigenvalue weighted by atomic mass is 35.5. The van der Waals surface area contributed by atoms with Crippen LogP contribution < -0.4 is 4.90 Å². The number of hydrogen-bond donors (Lipinski definition) is 1. The molecule has 0 aliphatic carbocycles. The molecule has 162 valence electrons. The molecule has 0 unspecified atom stereocenters. The van der Waals surface area contributed by atoms with Gasteiger partial charge in [0.05, 0.1) is 36.4 Å². The number of morpholine rings is 1. The fourth-order valence-corrected chi connectivity index (χ4v) is 3.89. The number of hydrogen-bond acceptors (Lipinski definition) is 6. The molecular formula is C23H21ClN6O2. The van der Waals surface area contributed by atoms with Crippen molar-refractivity contribution in [2.24, 2.45) is 0 Å². The molecule has 0 atom stereocenters. The van der Waals surface area contributed by atoms with Crippen molar-refractivity contribution in [3.8, 4) is 28.4 Å². The molecule has 1 fully saturated rings. The van der Waals surface area contributed by atoms with Gasteiger partial charge in [0, 0.05) is 43.2 Å². The van der Waals surface area contributed by atoms with Crippen molar-refractivity contribution in [3.63, 3.8) is 0 Å². The number of pyridine rings is 1. The molecule has 0 bridgehead atoms. The molecule has 1 aliphatic rings. The molecular weight excluding hydrogens is 428 g/mol. The SMILES string of the molecule is Cl.c1ccc(-c2ccn(-c3cc(N4CCOCC4)c4oc(-c5cn[nH]c5)cc4n3)n2)cc1. The third-order valence-electron chi connectivity index (χ3n) is 5.47. The number of aromatic amines is 1. The summed E-state index contributed by atoms with van der Waals surface area (Å²) >= 11 is 0. The van der Waals surface area contributed by atoms with Gasteiger partial charge in [-0.05, 0) is 6.07 Å². The molecule has 9 heteroatoms. The van der Waals surface area contributed by atoms with E-state index in [0.717, 1.165) is 58.3 Å². The minimum Gasteiger partial charge on any atom is -0.452 e. The van der Waals surface area contributed by atoms with Crippen LogP contribution in [0.2, 0.25) is 0 Å². The quantitative estimate of drug-likeness (QED) is 0.440. The second kappa shape index (κ2) is 8.49. The van der Waals surface area contributed by atoms with Crippen LogP contribution >= 0.6 is 12.4 Å². The van der Waals surface area contributed by atoms with Crippen LogP contribution in [0.4, 0.5) is 5.69 Å². The molecule has 0 amide bonds. The molecule has 32 heavy (non-hydrogen) atoms. The Hall–Kier alpha value is -3.62. The topological polar surface area (TPSA) is 85.0 Å². The highest BCUT2D eigenvalue weighted by molar-refractivity contribution is 5.91. The Bertz CT molecular complexity index is 1320. The fraction of sp³-hybridized carbons (Fsp3) is 0.174. The van der Waals surface area contributed by atoms with Crippen molar-refractivity contribution < 1.29 is 9.15 Å². The van der Waals surface area contributed by atoms with Gasteiger partial charge in [0.1, 0.15) is 11.3 Å². The van der Waals surface area contributed by atoms with E-state index in [1.54, 1.807) is 6.20 Å². The summed E-state index contributed by atoms with van der Waals surface area (Å²) in [7, 11) is 0. The molecule has 0 radical (unpaired) electrons. The third-order valence-corrected chi connectivity index (χ3v) is 5.47. The summed E-state index contributed by atoms with van der Waals surface area (Å²) in [5, 5.41) is 11.6. The Morgan fingerprint density at radius 3 is 2.59 bits per heavy atom. The van der Waals surface area contributed by atoms with Gasteiger partial charge < -0.3 is 14.1 Å². The highest BCUT2D eigenvalue weighted by Crippen LogP contribution is 2.34. The average molecular weight is 449 g/mol. The van der Waals surface area contributed by atoms with Crippen LogP contribution in [0.25, 0.3) is 39.5 Å². The van der Waals surface area contributed by atoms with E-state index in [1.807, 2.05) is 53.5 Å². The number of anilines is 1. The largest absolute Gasteiger partial charge is 0.452 e. The Morgan fingerprint density at radius 2 is 1.81 bits per heavy atom. The van der Waals surface area contributed by atoms with Gasteiger partial charge in [-0.15, -0.1) is 12.4 Å². The van der Waals surface area contributed by atoms with Crippen LogP contribution in [0.5, 0.6) is 0 Å². The summed E-state index contributed by atoms with van der Waals surface area (Å²) in [5.74, 6) is 1.48. The van der Waals surface area contributed by atoms with Gasteiger partial charge in [-0.2, -0.15) is 10.2 Å². The van der Waals surface area contributed by atoms with E-state index in [1.165, 1.54) is 0 Å². The Balaban J connectivity index is 0.00000216. The maximum Gasteiger partial charge on any atom is 0.176 e. The predicted molar refractivity (Wildman–Crippen MR) is 124 cm³/mol. The Kier molecular flexibility index (Phi) is 5.38. The van der Waals surface area contributed by atoms with E-state index in [2.05, 4.69) is 27.2 Å². The molecule has 4 aromatic heterocycles. The number of benzene rings is 1. The second-order valence-electron chi connectivity index (χ2n) is 7.42. The standard InChI is InChI=1S/C23H20N6O2.ClH/c1-2-4-16(5-3-1)18-6-7-29(27-18)22-13-20(28-8-10-30-11-9-28)23-19(26-22)12-21(31-23)17-14-24-25-15-17;/h1-7,12-15H,8-11H2,(H,24,25);1H. The molecule has 1 aromatic carbocycles. The van der Waals surface area contributed by atoms with Crippen LogP contribution in [-0.2, 0) is 4.74 Å². The number of furan rings is 1. The summed E-state index contributed by atoms with van der Waals surface area (Å²) in [6.07, 6.45) is 5.50. The minimum absolute atomic E-state index is 0. The van der Waals surface area contributed by atoms with E-state index < -0.39 is 0 Å². The first-order valence-electron chi connectivity index (χ1n) is 10.2. The highest BCUT2D eigenvalue weighted by Gasteiger charge is 2.21. The van der Waals surface area contributed by atoms with Gasteiger partial charge >= 0.3 is 0 Å². The van der Waals surface area contributed by atoms with E-state index in [9.17, 15) is 0 Å². The number of ether oxygens (including phenoxy) is 1. The number of nitrogens with one attached hydrogen (secondary N) is 1. The number of halogens is 1. The van der Waals surface area contributed by atoms with Gasteiger partial charge in [0.2, 0.25) is 0 Å². The van der Waals surface area contributed by atoms with Gasteiger partial charge in [-0.25, -0.2) is 9.67 Å². The van der Waals surface area contributed by atoms with Crippen molar-refractivity contribution in [2.45, 2.75) is 0 Å². The number of H-pyrrole nitrogens is 1. The van der Waals surface area contributed by atoms with Crippen molar-refractivity contribution in [2.75, 3.05) is 31.2 Å². The summed E-state index contributed by atoms with van der Waals surface area (Å²) in [6, 6.07) is 16.1. The first-order chi connectivity index (χ1) is 15.3. The van der Waals surface area contributed by atoms with E-state index in [0.29, 0.717) is 13.2 Å². The number of nitrogens with zero attached hydrogens (tertiary/aromatic N) is 5. The number of fused-ring (bicyclic) bond motifs is 1. The smallest absolute Gasteiger partial charge is 0.176 e. The third kappa shape index (κ3) is 3.63. The van der Waals surface area contributed by atoms with Crippen LogP contribution in [0.3, 0.4) is 0 Å². The molecule has 0 saturated carbocycles. The molecule has 1 N–H and O–H groups in total. The predicted octanol–water partition coefficient (Wildman–Crippen LogP) is 4.33. The normalized spacial score (nSPS) is 13.9. The summed E-state index contributed by atoms with van der Waals surface area (Å²) in [6.45, 7) is 2.98. The monoisotopic (exact) mass is 448 g/mol. The van der Waals surface area contributed by atoms with Crippen molar-refractivity contribution in [3.05, 3.63) is 67.1 Å². The zero-order chi connectivity index (χ0) is 20.6. The van der Waals surface area contributed by atoms with Crippen molar-refractivity contribution >= 4 is 29.2 Å². The molecule has 5 heterocycles. The van der Waals surface area contributed by atoms with E-state index in [4.69, 9.17) is 19.2 Å². The van der Waals surface area contributed by atoms with Gasteiger partial charge in [-0.1, -0.05) is 30.3 Å². The Labute approximate surface area is 190 Å². The molecule has 6 rings (SSSR count). The maximum atomic E-state index is 6.23. The molecule has 1 saturated heterocycles. The fourth-order valence-electron chi connectivity index (χ4n) is 3.89. The second-order valence-corrected chi connectivity index (χ2v) is 7.42. The molecule has 0 spiro atoms. The Morgan fingerprint density at radius 1 is 0.969 bits per heavy atom. The summed E-state index contributed by atoms with van der Waals surface area (Å²) in [5.41, 5.74) is 5.40. The molecule has 5 aromatic rings. The minimum atomic E-state index is 0. The maximum absolute atomic E-state index is 6.23. The van der Waals surface area contributed by atoms with Gasteiger partial charge in [0.15, 0.2) is 11.4 Å². The van der Waals surface area contributed by atoms with Gasteiger partial charge in [0.25, 0.3) is 0 Å². The van der Waals surface area contributed by atoms with E-state index in [-0.39, 0.29) is 12.4 Å². The zero-order valence-corrected chi connectivity index (χ0v) is 18.0. The van der Waals surface area contributed by atoms with Crippen LogP contribution in [-0.4, -0.2) is 51.3 Å². The van der Waals surface area contributed by atoms with Crippen molar-refractivity contribution in [1.82, 2.24) is 25.0 Å². The molecule has 8 nitrogen and oxygen atoms in total. The summed E-state index contributed by atoms with van der Waals surface area (Å²) in [4.78, 5) is 7.14. The lowest BCUT2D eigenvalue weighted by molar-refractivity contribution is 0.122. The van der Waals surface area contributed by atoms with Crippen LogP contribution in [0.1, 0.15) is 0 Å². The van der Waals surface area contributed by atoms with Crippen molar-refractivity contribution in [1.29, 1.82) is 0 Å². The average Bonchev–Trinajstić information content (AvgIpc) is 3.60. The van der Waals surface area contributed by atoms with Crippen LogP contribution in [0.15, 0.2) is 71.5 Å². The first kappa shape index (κ1) is 20.3. The number of rotatable bonds is 4. The van der Waals surface area contributed by atoms with E-state index >= 15 is 0 Å².